The van der Waals surface area contributed by atoms with Crippen LogP contribution in [0.25, 0.3) is 0 Å². The van der Waals surface area contributed by atoms with Gasteiger partial charge in [-0.15, -0.1) is 0 Å². The maximum Gasteiger partial charge on any atom is 1.00 e. The molecule has 0 aromatic rings. The number of alkyl halides is 42. The maximum atomic E-state index is 14.1. The molecule has 7 nitrogen and oxygen atoms in total. The van der Waals surface area contributed by atoms with E-state index in [4.69, 9.17) is 0 Å². The van der Waals surface area contributed by atoms with Crippen molar-refractivity contribution in [3.8, 4) is 0 Å². The monoisotopic (exact) mass is 1260 g/mol. The molecule has 0 radical (unpaired) electrons. The summed E-state index contributed by atoms with van der Waals surface area (Å²) in [5.74, 6) is -163. The Hall–Kier alpha value is -3.09. The first-order valence-electron chi connectivity index (χ1n) is 15.4. The minimum Gasteiger partial charge on any atom is -0.747 e. The summed E-state index contributed by atoms with van der Waals surface area (Å²) in [4.78, 5) is 23.2. The zero-order chi connectivity index (χ0) is 61.4. The summed E-state index contributed by atoms with van der Waals surface area (Å²) in [5, 5.41) is -5.60. The Labute approximate surface area is 399 Å². The Bertz CT molecular complexity index is 2210. The summed E-state index contributed by atoms with van der Waals surface area (Å²) in [6, 6.07) is 0. The van der Waals surface area contributed by atoms with Crippen LogP contribution in [0.1, 0.15) is 6.42 Å². The van der Waals surface area contributed by atoms with Gasteiger partial charge in [-0.2, -0.15) is 184 Å². The predicted molar refractivity (Wildman–Crippen MR) is 131 cm³/mol. The number of hydrogen-bond acceptors (Lipinski definition) is 7. The fourth-order valence-corrected chi connectivity index (χ4v) is 4.67. The van der Waals surface area contributed by atoms with Crippen LogP contribution in [0.5, 0.6) is 0 Å². The van der Waals surface area contributed by atoms with E-state index in [1.54, 1.807) is 9.47 Å². The van der Waals surface area contributed by atoms with E-state index in [9.17, 15) is 207 Å². The van der Waals surface area contributed by atoms with Crippen LogP contribution >= 0.6 is 0 Å². The molecular weight excluding hydrogens is 1250 g/mol. The molecule has 0 rings (SSSR count). The topological polar surface area (TPSA) is 110 Å². The van der Waals surface area contributed by atoms with E-state index in [2.05, 4.69) is 0 Å². The molecule has 75 heavy (non-hydrogen) atoms. The zero-order valence-corrected chi connectivity index (χ0v) is 35.2. The first-order valence-corrected chi connectivity index (χ1v) is 16.9. The summed E-state index contributed by atoms with van der Waals surface area (Å²) in [6.45, 7) is 0. The maximum absolute atomic E-state index is 14.1. The molecule has 0 fully saturated rings. The third kappa shape index (κ3) is 10.1. The van der Waals surface area contributed by atoms with Crippen LogP contribution in [0, 0.1) is 0 Å². The average molecular weight is 1260 g/mol. The average Bonchev–Trinajstić information content (AvgIpc) is 3.13. The van der Waals surface area contributed by atoms with Crippen LogP contribution in [0.2, 0.25) is 0 Å². The second-order valence-corrected chi connectivity index (χ2v) is 14.9. The van der Waals surface area contributed by atoms with Gasteiger partial charge in [0.2, 0.25) is 0 Å². The van der Waals surface area contributed by atoms with Gasteiger partial charge in [0.15, 0.2) is 5.25 Å². The van der Waals surface area contributed by atoms with E-state index in [1.807, 2.05) is 0 Å². The molecule has 0 saturated heterocycles. The van der Waals surface area contributed by atoms with E-state index in [0.717, 1.165) is 0 Å². The van der Waals surface area contributed by atoms with E-state index in [0.29, 0.717) is 0 Å². The molecule has 1 unspecified atom stereocenters. The fourth-order valence-electron chi connectivity index (χ4n) is 4.05. The van der Waals surface area contributed by atoms with Crippen LogP contribution in [-0.4, -0.2) is 149 Å². The fraction of sp³-hybridized carbons (Fsp3) is 0.917. The standard InChI is InChI=1S/C24H4F42O7S.Na/c25-5(26,9(33,34)13(41,42)17(49,50)21(57,58)59)7(29,30)11(37,38)15(45,46)19(53,54)23(63,64)72-3(67)1-2(74(69,70)71)4(68)73-24(65,66)20(55,56)16(47,48)12(39,40)8(31,32)6(27,28)10(35,36)14(43,44)18(51,52)22(60,61)62;/h2H,1H2,(H,69,70,71);/q;+1/p-1. The van der Waals surface area contributed by atoms with Crippen LogP contribution in [0.3, 0.4) is 0 Å². The number of hydrogen-bond donors (Lipinski definition) is 0. The Morgan fingerprint density at radius 2 is 0.467 bits per heavy atom. The Morgan fingerprint density at radius 1 is 0.307 bits per heavy atom. The Morgan fingerprint density at radius 3 is 0.640 bits per heavy atom. The Balaban J connectivity index is 0. The third-order valence-electron chi connectivity index (χ3n) is 8.40. The van der Waals surface area contributed by atoms with Gasteiger partial charge in [-0.05, 0) is 0 Å². The molecule has 0 amide bonds. The first kappa shape index (κ1) is 74.0. The molecule has 0 aromatic heterocycles. The second kappa shape index (κ2) is 19.0. The smallest absolute Gasteiger partial charge is 0.747 e. The minimum absolute atomic E-state index is 0. The van der Waals surface area contributed by atoms with Gasteiger partial charge < -0.3 is 14.0 Å². The van der Waals surface area contributed by atoms with Gasteiger partial charge >= 0.3 is 161 Å². The summed E-state index contributed by atoms with van der Waals surface area (Å²) < 4.78 is 603. The number of rotatable bonds is 22. The molecule has 0 heterocycles. The van der Waals surface area contributed by atoms with Crippen molar-refractivity contribution in [2.24, 2.45) is 0 Å². The van der Waals surface area contributed by atoms with Crippen LogP contribution < -0.4 is 29.6 Å². The summed E-state index contributed by atoms with van der Waals surface area (Å²) >= 11 is 0. The van der Waals surface area contributed by atoms with Gasteiger partial charge in [0.05, 0.1) is 6.42 Å². The number of carbonyl (C=O) groups excluding carboxylic acids is 2. The zero-order valence-electron chi connectivity index (χ0n) is 32.4. The molecule has 51 heteroatoms. The molecule has 0 aromatic carbocycles. The van der Waals surface area contributed by atoms with Crippen LogP contribution in [0.15, 0.2) is 0 Å². The SMILES string of the molecule is O=C(CC(C(=O)OC(F)(F)C(F)(F)C(F)(F)C(F)(F)C(F)(F)C(F)(F)C(F)(F)C(F)(F)C(F)(F)C(F)(F)F)S(=O)(=O)[O-])OC(F)(F)C(F)(F)C(F)(F)C(F)(F)C(F)(F)C(F)(F)C(F)(F)C(F)(F)C(F)(F)C(F)(F)F.[Na+]. The quantitative estimate of drug-likeness (QED) is 0.0462. The first-order chi connectivity index (χ1) is 31.1. The number of carbonyl (C=O) groups is 2. The van der Waals surface area contributed by atoms with Gasteiger partial charge in [-0.3, -0.25) is 9.59 Å². The number of esters is 2. The van der Waals surface area contributed by atoms with Gasteiger partial charge in [-0.25, -0.2) is 8.42 Å². The molecule has 0 saturated carbocycles. The number of ether oxygens (including phenoxy) is 2. The van der Waals surface area contributed by atoms with Crippen molar-refractivity contribution in [1.82, 2.24) is 0 Å². The van der Waals surface area contributed by atoms with Crippen molar-refractivity contribution >= 4 is 22.1 Å². The molecule has 1 atom stereocenters. The minimum atomic E-state index is -9.95. The number of halogens is 42. The van der Waals surface area contributed by atoms with E-state index in [1.165, 1.54) is 0 Å². The van der Waals surface area contributed by atoms with Crippen molar-refractivity contribution in [2.45, 2.75) is 131 Å². The molecule has 442 valence electrons. The largest absolute Gasteiger partial charge is 1.00 e. The van der Waals surface area contributed by atoms with Gasteiger partial charge in [0, 0.05) is 0 Å². The normalized spacial score (nSPS) is 16.8. The molecule has 0 spiro atoms. The van der Waals surface area contributed by atoms with Crippen molar-refractivity contribution in [1.29, 1.82) is 0 Å². The summed E-state index contributed by atoms with van der Waals surface area (Å²) in [7, 11) is -7.95. The Kier molecular flexibility index (Phi) is 18.8. The molecule has 0 aliphatic carbocycles. The van der Waals surface area contributed by atoms with Gasteiger partial charge in [-0.1, -0.05) is 0 Å². The van der Waals surface area contributed by atoms with Gasteiger partial charge in [0.25, 0.3) is 0 Å². The van der Waals surface area contributed by atoms with E-state index in [-0.39, 0.29) is 29.6 Å². The molecule has 0 bridgehead atoms. The molecule has 0 aliphatic heterocycles. The summed E-state index contributed by atoms with van der Waals surface area (Å²) in [6.07, 6.45) is -38.7. The van der Waals surface area contributed by atoms with Crippen molar-refractivity contribution < 1.29 is 246 Å². The molecule has 0 aliphatic rings. The van der Waals surface area contributed by atoms with E-state index >= 15 is 0 Å². The van der Waals surface area contributed by atoms with Crippen molar-refractivity contribution in [3.05, 3.63) is 0 Å². The second-order valence-electron chi connectivity index (χ2n) is 13.3. The van der Waals surface area contributed by atoms with Crippen molar-refractivity contribution in [3.63, 3.8) is 0 Å². The molecule has 0 N–H and O–H groups in total. The third-order valence-corrected chi connectivity index (χ3v) is 9.45. The predicted octanol–water partition coefficient (Wildman–Crippen LogP) is 8.86. The van der Waals surface area contributed by atoms with Crippen LogP contribution in [0.4, 0.5) is 184 Å². The summed E-state index contributed by atoms with van der Waals surface area (Å²) in [5.41, 5.74) is 0. The van der Waals surface area contributed by atoms with Gasteiger partial charge in [0.1, 0.15) is 10.1 Å². The van der Waals surface area contributed by atoms with E-state index < -0.39 is 153 Å². The van der Waals surface area contributed by atoms with Crippen LogP contribution in [-0.2, 0) is 29.2 Å². The molecular formula is C24H3F42NaO7S. The van der Waals surface area contributed by atoms with Crippen molar-refractivity contribution in [2.75, 3.05) is 0 Å².